The number of aldehydes is 1. The molecular weight excluding hydrogens is 494 g/mol. The maximum atomic E-state index is 13.2. The Labute approximate surface area is 220 Å². The van der Waals surface area contributed by atoms with E-state index >= 15 is 0 Å². The van der Waals surface area contributed by atoms with Crippen molar-refractivity contribution in [2.24, 2.45) is 5.92 Å². The van der Waals surface area contributed by atoms with Crippen molar-refractivity contribution in [3.8, 4) is 22.8 Å². The van der Waals surface area contributed by atoms with Crippen molar-refractivity contribution < 1.29 is 19.1 Å². The highest BCUT2D eigenvalue weighted by molar-refractivity contribution is 6.32. The lowest BCUT2D eigenvalue weighted by Crippen LogP contribution is -2.35. The molecule has 37 heavy (non-hydrogen) atoms. The van der Waals surface area contributed by atoms with Gasteiger partial charge in [-0.05, 0) is 37.6 Å². The van der Waals surface area contributed by atoms with Gasteiger partial charge in [-0.15, -0.1) is 0 Å². The van der Waals surface area contributed by atoms with Gasteiger partial charge in [0.2, 0.25) is 0 Å². The number of anilines is 2. The fourth-order valence-corrected chi connectivity index (χ4v) is 5.28. The Morgan fingerprint density at radius 1 is 1.27 bits per heavy atom. The number of fused-ring (bicyclic) bond motifs is 1. The standard InChI is InChI=1S/C27H30ClN5O4/c1-36-26-19(28)5-2-6-20(26)32-25-22-23(17(4-3-11-34)13-31-27(22)35)33-24(25)18-8-10-30-14-21(18)37-15-16-7-9-29-12-16/h2,5-6,8,10-11,14,16-17,29,32-33H,3-4,7,9,12-13,15H2,1H3,(H,31,35)/t16-,17?/m1/s1. The number of rotatable bonds is 10. The van der Waals surface area contributed by atoms with Gasteiger partial charge in [0.1, 0.15) is 12.0 Å². The molecule has 2 aromatic heterocycles. The lowest BCUT2D eigenvalue weighted by atomic mass is 9.92. The number of nitrogens with one attached hydrogen (secondary N) is 4. The Hall–Kier alpha value is -3.56. The lowest BCUT2D eigenvalue weighted by Gasteiger charge is -2.23. The molecule has 1 unspecified atom stereocenters. The Kier molecular flexibility index (Phi) is 7.62. The largest absolute Gasteiger partial charge is 0.493 e. The van der Waals surface area contributed by atoms with Gasteiger partial charge >= 0.3 is 0 Å². The molecule has 0 bridgehead atoms. The molecule has 5 rings (SSSR count). The number of aromatic nitrogens is 2. The number of carbonyl (C=O) groups excluding carboxylic acids is 2. The molecule has 2 aliphatic rings. The third-order valence-electron chi connectivity index (χ3n) is 6.93. The summed E-state index contributed by atoms with van der Waals surface area (Å²) in [5, 5.41) is 10.2. The van der Waals surface area contributed by atoms with Crippen LogP contribution in [-0.4, -0.2) is 55.5 Å². The van der Waals surface area contributed by atoms with E-state index < -0.39 is 0 Å². The van der Waals surface area contributed by atoms with Gasteiger partial charge in [-0.25, -0.2) is 0 Å². The van der Waals surface area contributed by atoms with Gasteiger partial charge in [0, 0.05) is 48.8 Å². The van der Waals surface area contributed by atoms with E-state index in [1.165, 1.54) is 0 Å². The molecule has 9 nitrogen and oxygen atoms in total. The first kappa shape index (κ1) is 25.1. The second-order valence-electron chi connectivity index (χ2n) is 9.30. The Balaban J connectivity index is 1.62. The SMILES string of the molecule is COc1c(Cl)cccc1Nc1c(-c2ccncc2OC[C@@H]2CCNC2)[nH]c2c1C(=O)NCC2CCC=O. The Morgan fingerprint density at radius 3 is 2.95 bits per heavy atom. The number of carbonyl (C=O) groups is 2. The number of nitrogens with zero attached hydrogens (tertiary/aromatic N) is 1. The summed E-state index contributed by atoms with van der Waals surface area (Å²) in [4.78, 5) is 32.1. The zero-order chi connectivity index (χ0) is 25.8. The molecule has 194 valence electrons. The summed E-state index contributed by atoms with van der Waals surface area (Å²) >= 11 is 6.39. The van der Waals surface area contributed by atoms with Crippen molar-refractivity contribution in [2.45, 2.75) is 25.2 Å². The summed E-state index contributed by atoms with van der Waals surface area (Å²) in [6, 6.07) is 7.28. The Morgan fingerprint density at radius 2 is 2.16 bits per heavy atom. The van der Waals surface area contributed by atoms with Crippen molar-refractivity contribution in [1.82, 2.24) is 20.6 Å². The summed E-state index contributed by atoms with van der Waals surface area (Å²) in [6.07, 6.45) is 6.39. The summed E-state index contributed by atoms with van der Waals surface area (Å²) < 4.78 is 11.8. The summed E-state index contributed by atoms with van der Waals surface area (Å²) in [7, 11) is 1.55. The van der Waals surface area contributed by atoms with E-state index in [1.54, 1.807) is 25.6 Å². The highest BCUT2D eigenvalue weighted by Gasteiger charge is 2.33. The van der Waals surface area contributed by atoms with Crippen molar-refractivity contribution in [3.05, 3.63) is 52.9 Å². The van der Waals surface area contributed by atoms with Crippen LogP contribution in [0.4, 0.5) is 11.4 Å². The van der Waals surface area contributed by atoms with Crippen LogP contribution in [0.15, 0.2) is 36.7 Å². The van der Waals surface area contributed by atoms with E-state index in [2.05, 4.69) is 25.9 Å². The normalized spacial score (nSPS) is 18.7. The summed E-state index contributed by atoms with van der Waals surface area (Å²) in [5.41, 5.74) is 3.97. The van der Waals surface area contributed by atoms with Crippen LogP contribution in [0, 0.1) is 5.92 Å². The molecule has 0 radical (unpaired) electrons. The number of H-pyrrole nitrogens is 1. The van der Waals surface area contributed by atoms with Crippen LogP contribution in [0.3, 0.4) is 0 Å². The van der Waals surface area contributed by atoms with E-state index in [1.807, 2.05) is 18.2 Å². The van der Waals surface area contributed by atoms with Gasteiger partial charge in [-0.1, -0.05) is 17.7 Å². The van der Waals surface area contributed by atoms with Crippen LogP contribution in [0.5, 0.6) is 11.5 Å². The number of hydrogen-bond acceptors (Lipinski definition) is 7. The van der Waals surface area contributed by atoms with Gasteiger partial charge in [0.15, 0.2) is 5.75 Å². The van der Waals surface area contributed by atoms with Crippen molar-refractivity contribution in [3.63, 3.8) is 0 Å². The number of halogens is 1. The fourth-order valence-electron chi connectivity index (χ4n) is 5.03. The van der Waals surface area contributed by atoms with Gasteiger partial charge in [-0.2, -0.15) is 0 Å². The summed E-state index contributed by atoms with van der Waals surface area (Å²) in [5.74, 6) is 1.29. The number of methoxy groups -OCH3 is 1. The molecule has 4 N–H and O–H groups in total. The van der Waals surface area contributed by atoms with Crippen LogP contribution >= 0.6 is 11.6 Å². The second-order valence-corrected chi connectivity index (χ2v) is 9.71. The highest BCUT2D eigenvalue weighted by atomic mass is 35.5. The molecule has 0 aliphatic carbocycles. The third-order valence-corrected chi connectivity index (χ3v) is 7.23. The third kappa shape index (κ3) is 5.14. The maximum Gasteiger partial charge on any atom is 0.255 e. The average Bonchev–Trinajstić information content (AvgIpc) is 3.56. The van der Waals surface area contributed by atoms with E-state index in [4.69, 9.17) is 21.1 Å². The molecule has 1 fully saturated rings. The monoisotopic (exact) mass is 523 g/mol. The van der Waals surface area contributed by atoms with E-state index in [9.17, 15) is 9.59 Å². The van der Waals surface area contributed by atoms with Gasteiger partial charge in [0.25, 0.3) is 5.91 Å². The van der Waals surface area contributed by atoms with Crippen LogP contribution in [0.1, 0.15) is 41.2 Å². The molecular formula is C27H30ClN5O4. The fraction of sp³-hybridized carbons (Fsp3) is 0.370. The number of ether oxygens (including phenoxy) is 2. The molecule has 3 aromatic rings. The lowest BCUT2D eigenvalue weighted by molar-refractivity contribution is -0.108. The first-order valence-electron chi connectivity index (χ1n) is 12.5. The second kappa shape index (κ2) is 11.2. The molecule has 0 spiro atoms. The molecule has 4 heterocycles. The van der Waals surface area contributed by atoms with E-state index in [-0.39, 0.29) is 11.8 Å². The van der Waals surface area contributed by atoms with Crippen LogP contribution in [0.25, 0.3) is 11.3 Å². The minimum absolute atomic E-state index is 0.0378. The molecule has 1 saturated heterocycles. The van der Waals surface area contributed by atoms with E-state index in [0.29, 0.717) is 71.1 Å². The maximum absolute atomic E-state index is 13.2. The van der Waals surface area contributed by atoms with Crippen molar-refractivity contribution in [1.29, 1.82) is 0 Å². The first-order chi connectivity index (χ1) is 18.1. The van der Waals surface area contributed by atoms with E-state index in [0.717, 1.165) is 37.1 Å². The zero-order valence-electron chi connectivity index (χ0n) is 20.6. The predicted octanol–water partition coefficient (Wildman–Crippen LogP) is 4.28. The first-order valence-corrected chi connectivity index (χ1v) is 12.8. The highest BCUT2D eigenvalue weighted by Crippen LogP contribution is 2.45. The molecule has 1 aromatic carbocycles. The number of pyridine rings is 1. The molecule has 2 atom stereocenters. The number of hydrogen-bond donors (Lipinski definition) is 4. The summed E-state index contributed by atoms with van der Waals surface area (Å²) in [6.45, 7) is 2.93. The molecule has 2 aliphatic heterocycles. The van der Waals surface area contributed by atoms with Gasteiger partial charge < -0.3 is 35.2 Å². The molecule has 10 heteroatoms. The van der Waals surface area contributed by atoms with Crippen LogP contribution in [0.2, 0.25) is 5.02 Å². The van der Waals surface area contributed by atoms with Crippen molar-refractivity contribution in [2.75, 3.05) is 38.7 Å². The average molecular weight is 524 g/mol. The molecule has 1 amide bonds. The number of para-hydroxylation sites is 1. The minimum Gasteiger partial charge on any atom is -0.493 e. The minimum atomic E-state index is -0.197. The van der Waals surface area contributed by atoms with Crippen LogP contribution < -0.4 is 25.4 Å². The van der Waals surface area contributed by atoms with Crippen molar-refractivity contribution >= 4 is 35.2 Å². The molecule has 0 saturated carbocycles. The topological polar surface area (TPSA) is 117 Å². The number of amides is 1. The Bertz CT molecular complexity index is 1290. The quantitative estimate of drug-likeness (QED) is 0.293. The number of benzene rings is 1. The predicted molar refractivity (Wildman–Crippen MR) is 142 cm³/mol. The van der Waals surface area contributed by atoms with Gasteiger partial charge in [-0.3, -0.25) is 9.78 Å². The zero-order valence-corrected chi connectivity index (χ0v) is 21.4. The smallest absolute Gasteiger partial charge is 0.255 e. The van der Waals surface area contributed by atoms with Crippen LogP contribution in [-0.2, 0) is 4.79 Å². The number of aromatic amines is 1. The van der Waals surface area contributed by atoms with Gasteiger partial charge in [0.05, 0.1) is 47.6 Å².